The third-order valence-corrected chi connectivity index (χ3v) is 1.81. The monoisotopic (exact) mass is 186 g/mol. The second kappa shape index (κ2) is 9.52. The van der Waals surface area contributed by atoms with Gasteiger partial charge in [-0.3, -0.25) is 4.79 Å². The average molecular weight is 186 g/mol. The molecule has 78 valence electrons. The van der Waals surface area contributed by atoms with Gasteiger partial charge in [-0.1, -0.05) is 20.3 Å². The van der Waals surface area contributed by atoms with Crippen LogP contribution in [-0.2, 0) is 4.79 Å². The summed E-state index contributed by atoms with van der Waals surface area (Å²) in [5.41, 5.74) is 0. The van der Waals surface area contributed by atoms with E-state index in [2.05, 4.69) is 24.5 Å². The van der Waals surface area contributed by atoms with Gasteiger partial charge < -0.3 is 10.6 Å². The molecule has 0 heterocycles. The first-order valence-corrected chi connectivity index (χ1v) is 5.28. The largest absolute Gasteiger partial charge is 0.356 e. The number of unbranched alkanes of at least 4 members (excludes halogenated alkanes) is 1. The Bertz CT molecular complexity index is 126. The summed E-state index contributed by atoms with van der Waals surface area (Å²) in [5, 5.41) is 6.08. The number of hydrogen-bond acceptors (Lipinski definition) is 2. The fourth-order valence-corrected chi connectivity index (χ4v) is 0.982. The van der Waals surface area contributed by atoms with Crippen molar-refractivity contribution in [3.63, 3.8) is 0 Å². The molecule has 0 rings (SSSR count). The standard InChI is InChI=1S/C10H22N2O/c1-3-5-8-11-9-6-10(13)12-7-4-2/h11H,3-9H2,1-2H3,(H,12,13). The smallest absolute Gasteiger partial charge is 0.221 e. The Kier molecular flexibility index (Phi) is 9.10. The highest BCUT2D eigenvalue weighted by molar-refractivity contribution is 5.75. The van der Waals surface area contributed by atoms with Crippen LogP contribution in [0.3, 0.4) is 0 Å². The van der Waals surface area contributed by atoms with Gasteiger partial charge in [-0.15, -0.1) is 0 Å². The van der Waals surface area contributed by atoms with Crippen molar-refractivity contribution in [2.24, 2.45) is 0 Å². The second-order valence-corrected chi connectivity index (χ2v) is 3.20. The van der Waals surface area contributed by atoms with Crippen molar-refractivity contribution in [3.05, 3.63) is 0 Å². The Hall–Kier alpha value is -0.570. The zero-order valence-corrected chi connectivity index (χ0v) is 8.86. The summed E-state index contributed by atoms with van der Waals surface area (Å²) in [4.78, 5) is 11.1. The fraction of sp³-hybridized carbons (Fsp3) is 0.900. The molecule has 0 radical (unpaired) electrons. The number of nitrogens with one attached hydrogen (secondary N) is 2. The van der Waals surface area contributed by atoms with E-state index in [1.165, 1.54) is 12.8 Å². The fourth-order valence-electron chi connectivity index (χ4n) is 0.982. The third kappa shape index (κ3) is 9.34. The van der Waals surface area contributed by atoms with Crippen LogP contribution in [0.2, 0.25) is 0 Å². The minimum Gasteiger partial charge on any atom is -0.356 e. The maximum absolute atomic E-state index is 11.1. The summed E-state index contributed by atoms with van der Waals surface area (Å²) in [6.07, 6.45) is 4.00. The molecule has 0 saturated heterocycles. The van der Waals surface area contributed by atoms with Crippen LogP contribution in [0.4, 0.5) is 0 Å². The van der Waals surface area contributed by atoms with Gasteiger partial charge >= 0.3 is 0 Å². The van der Waals surface area contributed by atoms with Crippen LogP contribution in [0.15, 0.2) is 0 Å². The molecule has 0 bridgehead atoms. The van der Waals surface area contributed by atoms with Gasteiger partial charge in [-0.05, 0) is 19.4 Å². The number of carbonyl (C=O) groups is 1. The van der Waals surface area contributed by atoms with Crippen LogP contribution in [0.5, 0.6) is 0 Å². The van der Waals surface area contributed by atoms with Gasteiger partial charge in [0.15, 0.2) is 0 Å². The third-order valence-electron chi connectivity index (χ3n) is 1.81. The van der Waals surface area contributed by atoms with E-state index < -0.39 is 0 Å². The molecule has 3 nitrogen and oxygen atoms in total. The van der Waals surface area contributed by atoms with Crippen LogP contribution >= 0.6 is 0 Å². The Morgan fingerprint density at radius 3 is 2.46 bits per heavy atom. The summed E-state index contributed by atoms with van der Waals surface area (Å²) < 4.78 is 0. The Balaban J connectivity index is 3.08. The van der Waals surface area contributed by atoms with E-state index in [1.807, 2.05) is 0 Å². The number of carbonyl (C=O) groups excluding carboxylic acids is 1. The Labute approximate surface area is 81.3 Å². The SMILES string of the molecule is CCCCNCCC(=O)NCCC. The number of amides is 1. The first-order valence-electron chi connectivity index (χ1n) is 5.28. The molecule has 0 aliphatic heterocycles. The Morgan fingerprint density at radius 2 is 1.85 bits per heavy atom. The highest BCUT2D eigenvalue weighted by Crippen LogP contribution is 1.83. The predicted molar refractivity (Wildman–Crippen MR) is 55.7 cm³/mol. The van der Waals surface area contributed by atoms with Gasteiger partial charge in [0.2, 0.25) is 5.91 Å². The van der Waals surface area contributed by atoms with Crippen LogP contribution in [0.1, 0.15) is 39.5 Å². The minimum atomic E-state index is 0.158. The molecule has 0 aromatic heterocycles. The molecule has 0 saturated carbocycles. The highest BCUT2D eigenvalue weighted by atomic mass is 16.1. The zero-order valence-electron chi connectivity index (χ0n) is 8.86. The van der Waals surface area contributed by atoms with Crippen LogP contribution in [-0.4, -0.2) is 25.5 Å². The normalized spacial score (nSPS) is 10.0. The predicted octanol–water partition coefficient (Wildman–Crippen LogP) is 1.29. The molecule has 0 atom stereocenters. The van der Waals surface area contributed by atoms with Gasteiger partial charge in [-0.25, -0.2) is 0 Å². The minimum absolute atomic E-state index is 0.158. The molecule has 0 aliphatic carbocycles. The van der Waals surface area contributed by atoms with Crippen molar-refractivity contribution in [1.29, 1.82) is 0 Å². The van der Waals surface area contributed by atoms with E-state index in [0.29, 0.717) is 6.42 Å². The topological polar surface area (TPSA) is 41.1 Å². The van der Waals surface area contributed by atoms with Gasteiger partial charge in [-0.2, -0.15) is 0 Å². The van der Waals surface area contributed by atoms with Crippen molar-refractivity contribution >= 4 is 5.91 Å². The summed E-state index contributed by atoms with van der Waals surface area (Å²) in [5.74, 6) is 0.158. The molecule has 0 fully saturated rings. The van der Waals surface area contributed by atoms with E-state index in [4.69, 9.17) is 0 Å². The van der Waals surface area contributed by atoms with Crippen molar-refractivity contribution < 1.29 is 4.79 Å². The summed E-state index contributed by atoms with van der Waals surface area (Å²) in [7, 11) is 0. The van der Waals surface area contributed by atoms with Gasteiger partial charge in [0.1, 0.15) is 0 Å². The maximum Gasteiger partial charge on any atom is 0.221 e. The molecule has 0 aromatic rings. The molecule has 1 amide bonds. The quantitative estimate of drug-likeness (QED) is 0.561. The van der Waals surface area contributed by atoms with Crippen molar-refractivity contribution in [3.8, 4) is 0 Å². The van der Waals surface area contributed by atoms with E-state index >= 15 is 0 Å². The first-order chi connectivity index (χ1) is 6.31. The van der Waals surface area contributed by atoms with Gasteiger partial charge in [0.05, 0.1) is 0 Å². The molecule has 0 spiro atoms. The molecule has 13 heavy (non-hydrogen) atoms. The number of hydrogen-bond donors (Lipinski definition) is 2. The van der Waals surface area contributed by atoms with E-state index in [0.717, 1.165) is 26.1 Å². The average Bonchev–Trinajstić information content (AvgIpc) is 2.14. The lowest BCUT2D eigenvalue weighted by Gasteiger charge is -2.04. The second-order valence-electron chi connectivity index (χ2n) is 3.20. The molecule has 2 N–H and O–H groups in total. The zero-order chi connectivity index (χ0) is 9.94. The van der Waals surface area contributed by atoms with E-state index in [-0.39, 0.29) is 5.91 Å². The van der Waals surface area contributed by atoms with Crippen LogP contribution < -0.4 is 10.6 Å². The number of rotatable bonds is 8. The summed E-state index contributed by atoms with van der Waals surface area (Å²) in [6.45, 7) is 6.84. The first kappa shape index (κ1) is 12.4. The lowest BCUT2D eigenvalue weighted by molar-refractivity contribution is -0.120. The molecule has 3 heteroatoms. The molecule has 0 aromatic carbocycles. The van der Waals surface area contributed by atoms with Crippen molar-refractivity contribution in [2.75, 3.05) is 19.6 Å². The van der Waals surface area contributed by atoms with Crippen molar-refractivity contribution in [1.82, 2.24) is 10.6 Å². The molecular weight excluding hydrogens is 164 g/mol. The lowest BCUT2D eigenvalue weighted by atomic mass is 10.3. The van der Waals surface area contributed by atoms with Gasteiger partial charge in [0, 0.05) is 19.5 Å². The summed E-state index contributed by atoms with van der Waals surface area (Å²) in [6, 6.07) is 0. The molecular formula is C10H22N2O. The molecule has 0 aliphatic rings. The van der Waals surface area contributed by atoms with Crippen LogP contribution in [0.25, 0.3) is 0 Å². The van der Waals surface area contributed by atoms with E-state index in [9.17, 15) is 4.79 Å². The Morgan fingerprint density at radius 1 is 1.08 bits per heavy atom. The van der Waals surface area contributed by atoms with Crippen LogP contribution in [0, 0.1) is 0 Å². The van der Waals surface area contributed by atoms with E-state index in [1.54, 1.807) is 0 Å². The highest BCUT2D eigenvalue weighted by Gasteiger charge is 1.97. The lowest BCUT2D eigenvalue weighted by Crippen LogP contribution is -2.28. The summed E-state index contributed by atoms with van der Waals surface area (Å²) >= 11 is 0. The maximum atomic E-state index is 11.1. The molecule has 0 unspecified atom stereocenters. The van der Waals surface area contributed by atoms with Gasteiger partial charge in [0.25, 0.3) is 0 Å². The van der Waals surface area contributed by atoms with Crippen molar-refractivity contribution in [2.45, 2.75) is 39.5 Å².